The monoisotopic (exact) mass is 315 g/mol. The Kier molecular flexibility index (Phi) is 3.94. The molecule has 6 heteroatoms. The van der Waals surface area contributed by atoms with Gasteiger partial charge in [-0.15, -0.1) is 0 Å². The summed E-state index contributed by atoms with van der Waals surface area (Å²) in [5, 5.41) is 7.93. The van der Waals surface area contributed by atoms with Crippen molar-refractivity contribution in [3.05, 3.63) is 41.4 Å². The van der Waals surface area contributed by atoms with Gasteiger partial charge < -0.3 is 9.84 Å². The first-order valence-corrected chi connectivity index (χ1v) is 7.89. The van der Waals surface area contributed by atoms with Crippen LogP contribution in [-0.2, 0) is 4.79 Å². The lowest BCUT2D eigenvalue weighted by Gasteiger charge is -2.11. The van der Waals surface area contributed by atoms with Crippen LogP contribution in [-0.4, -0.2) is 15.4 Å². The zero-order chi connectivity index (χ0) is 15.7. The molecular formula is C16H17N3O2S. The topological polar surface area (TPSA) is 68.0 Å². The van der Waals surface area contributed by atoms with E-state index in [0.717, 1.165) is 32.8 Å². The highest BCUT2D eigenvalue weighted by atomic mass is 32.1. The molecule has 0 bridgehead atoms. The quantitative estimate of drug-likeness (QED) is 0.789. The second-order valence-electron chi connectivity index (χ2n) is 5.47. The van der Waals surface area contributed by atoms with Crippen molar-refractivity contribution < 1.29 is 9.32 Å². The van der Waals surface area contributed by atoms with Crippen molar-refractivity contribution in [1.82, 2.24) is 9.53 Å². The Morgan fingerprint density at radius 3 is 2.95 bits per heavy atom. The number of aromatic nitrogens is 2. The molecule has 3 aromatic rings. The van der Waals surface area contributed by atoms with Gasteiger partial charge in [-0.25, -0.2) is 0 Å². The van der Waals surface area contributed by atoms with Crippen LogP contribution in [0.3, 0.4) is 0 Å². The SMILES string of the molecule is Cc1noc(C)c1C(C)CC(=O)Nc1ccc2sncc2c1. The molecule has 2 heterocycles. The third-order valence-corrected chi connectivity index (χ3v) is 4.49. The molecular weight excluding hydrogens is 298 g/mol. The molecule has 1 unspecified atom stereocenters. The summed E-state index contributed by atoms with van der Waals surface area (Å²) in [6, 6.07) is 5.82. The average Bonchev–Trinajstić information content (AvgIpc) is 3.04. The Morgan fingerprint density at radius 1 is 1.41 bits per heavy atom. The van der Waals surface area contributed by atoms with Crippen molar-refractivity contribution in [3.63, 3.8) is 0 Å². The fourth-order valence-corrected chi connectivity index (χ4v) is 3.36. The van der Waals surface area contributed by atoms with Crippen LogP contribution in [0, 0.1) is 13.8 Å². The molecule has 1 aromatic carbocycles. The molecule has 114 valence electrons. The second-order valence-corrected chi connectivity index (χ2v) is 6.30. The van der Waals surface area contributed by atoms with Crippen molar-refractivity contribution in [3.8, 4) is 0 Å². The number of carbonyl (C=O) groups excluding carboxylic acids is 1. The van der Waals surface area contributed by atoms with Crippen LogP contribution in [0.1, 0.15) is 36.3 Å². The Hall–Kier alpha value is -2.21. The van der Waals surface area contributed by atoms with E-state index in [0.29, 0.717) is 6.42 Å². The highest BCUT2D eigenvalue weighted by molar-refractivity contribution is 7.13. The molecule has 1 atom stereocenters. The number of aryl methyl sites for hydroxylation is 2. The van der Waals surface area contributed by atoms with Gasteiger partial charge in [-0.3, -0.25) is 4.79 Å². The number of nitrogens with one attached hydrogen (secondary N) is 1. The molecule has 3 rings (SSSR count). The van der Waals surface area contributed by atoms with Gasteiger partial charge in [0.25, 0.3) is 0 Å². The number of carbonyl (C=O) groups is 1. The molecule has 0 aliphatic heterocycles. The van der Waals surface area contributed by atoms with Crippen molar-refractivity contribution >= 4 is 33.2 Å². The first-order chi connectivity index (χ1) is 10.5. The Morgan fingerprint density at radius 2 is 2.23 bits per heavy atom. The normalized spacial score (nSPS) is 12.5. The standard InChI is InChI=1S/C16H17N3O2S/c1-9(16-10(2)19-21-11(16)3)6-15(20)18-13-4-5-14-12(7-13)8-17-22-14/h4-5,7-9H,6H2,1-3H3,(H,18,20). The van der Waals surface area contributed by atoms with Crippen LogP contribution in [0.4, 0.5) is 5.69 Å². The molecule has 0 spiro atoms. The van der Waals surface area contributed by atoms with Crippen LogP contribution < -0.4 is 5.32 Å². The third-order valence-electron chi connectivity index (χ3n) is 3.71. The number of anilines is 1. The molecule has 0 radical (unpaired) electrons. The summed E-state index contributed by atoms with van der Waals surface area (Å²) >= 11 is 1.45. The number of amides is 1. The van der Waals surface area contributed by atoms with E-state index in [4.69, 9.17) is 4.52 Å². The van der Waals surface area contributed by atoms with Crippen molar-refractivity contribution in [2.75, 3.05) is 5.32 Å². The molecule has 22 heavy (non-hydrogen) atoms. The predicted molar refractivity (Wildman–Crippen MR) is 87.3 cm³/mol. The van der Waals surface area contributed by atoms with Gasteiger partial charge in [-0.05, 0) is 49.5 Å². The van der Waals surface area contributed by atoms with Crippen LogP contribution in [0.2, 0.25) is 0 Å². The second kappa shape index (κ2) is 5.88. The van der Waals surface area contributed by atoms with Crippen LogP contribution >= 0.6 is 11.5 Å². The highest BCUT2D eigenvalue weighted by Crippen LogP contribution is 2.27. The average molecular weight is 315 g/mol. The molecule has 5 nitrogen and oxygen atoms in total. The van der Waals surface area contributed by atoms with Gasteiger partial charge in [-0.1, -0.05) is 12.1 Å². The minimum atomic E-state index is -0.0185. The summed E-state index contributed by atoms with van der Waals surface area (Å²) in [6.45, 7) is 5.79. The zero-order valence-electron chi connectivity index (χ0n) is 12.7. The van der Waals surface area contributed by atoms with E-state index >= 15 is 0 Å². The summed E-state index contributed by atoms with van der Waals surface area (Å²) in [7, 11) is 0. The van der Waals surface area contributed by atoms with Crippen LogP contribution in [0.15, 0.2) is 28.9 Å². The maximum absolute atomic E-state index is 12.2. The molecule has 0 saturated carbocycles. The number of hydrogen-bond acceptors (Lipinski definition) is 5. The maximum atomic E-state index is 12.2. The molecule has 0 fully saturated rings. The lowest BCUT2D eigenvalue weighted by molar-refractivity contribution is -0.116. The fraction of sp³-hybridized carbons (Fsp3) is 0.312. The van der Waals surface area contributed by atoms with E-state index in [1.54, 1.807) is 0 Å². The van der Waals surface area contributed by atoms with Gasteiger partial charge in [0.1, 0.15) is 5.76 Å². The Labute approximate surface area is 132 Å². The van der Waals surface area contributed by atoms with Gasteiger partial charge in [0, 0.05) is 29.3 Å². The maximum Gasteiger partial charge on any atom is 0.224 e. The lowest BCUT2D eigenvalue weighted by atomic mass is 9.96. The molecule has 0 aliphatic rings. The Balaban J connectivity index is 1.69. The van der Waals surface area contributed by atoms with Crippen LogP contribution in [0.25, 0.3) is 10.1 Å². The van der Waals surface area contributed by atoms with Gasteiger partial charge in [0.15, 0.2) is 0 Å². The zero-order valence-corrected chi connectivity index (χ0v) is 13.5. The summed E-state index contributed by atoms with van der Waals surface area (Å²) < 4.78 is 10.4. The van der Waals surface area contributed by atoms with E-state index in [9.17, 15) is 4.79 Å². The number of nitrogens with zero attached hydrogens (tertiary/aromatic N) is 2. The summed E-state index contributed by atoms with van der Waals surface area (Å²) in [5.41, 5.74) is 2.67. The van der Waals surface area contributed by atoms with E-state index in [-0.39, 0.29) is 11.8 Å². The first kappa shape index (κ1) is 14.7. The number of fused-ring (bicyclic) bond motifs is 1. The summed E-state index contributed by atoms with van der Waals surface area (Å²) in [4.78, 5) is 12.2. The smallest absolute Gasteiger partial charge is 0.224 e. The van der Waals surface area contributed by atoms with Gasteiger partial charge in [0.05, 0.1) is 10.4 Å². The van der Waals surface area contributed by atoms with Gasteiger partial charge in [0.2, 0.25) is 5.91 Å². The summed E-state index contributed by atoms with van der Waals surface area (Å²) in [6.07, 6.45) is 2.20. The van der Waals surface area contributed by atoms with Gasteiger partial charge >= 0.3 is 0 Å². The predicted octanol–water partition coefficient (Wildman–Crippen LogP) is 4.03. The fourth-order valence-electron chi connectivity index (χ4n) is 2.74. The molecule has 1 N–H and O–H groups in total. The van der Waals surface area contributed by atoms with E-state index in [1.165, 1.54) is 11.5 Å². The van der Waals surface area contributed by atoms with E-state index in [1.807, 2.05) is 45.2 Å². The lowest BCUT2D eigenvalue weighted by Crippen LogP contribution is -2.14. The Bertz CT molecular complexity index is 802. The largest absolute Gasteiger partial charge is 0.361 e. The number of rotatable bonds is 4. The van der Waals surface area contributed by atoms with Crippen molar-refractivity contribution in [1.29, 1.82) is 0 Å². The number of benzene rings is 1. The minimum absolute atomic E-state index is 0.0185. The number of hydrogen-bond donors (Lipinski definition) is 1. The van der Waals surface area contributed by atoms with E-state index in [2.05, 4.69) is 14.8 Å². The first-order valence-electron chi connectivity index (χ1n) is 7.11. The molecule has 1 amide bonds. The van der Waals surface area contributed by atoms with Gasteiger partial charge in [-0.2, -0.15) is 4.37 Å². The minimum Gasteiger partial charge on any atom is -0.361 e. The highest BCUT2D eigenvalue weighted by Gasteiger charge is 2.19. The van der Waals surface area contributed by atoms with E-state index < -0.39 is 0 Å². The van der Waals surface area contributed by atoms with Crippen molar-refractivity contribution in [2.24, 2.45) is 0 Å². The van der Waals surface area contributed by atoms with Crippen LogP contribution in [0.5, 0.6) is 0 Å². The van der Waals surface area contributed by atoms with Crippen molar-refractivity contribution in [2.45, 2.75) is 33.1 Å². The molecule has 0 saturated heterocycles. The molecule has 2 aromatic heterocycles. The third kappa shape index (κ3) is 2.87. The summed E-state index contributed by atoms with van der Waals surface area (Å²) in [5.74, 6) is 0.830. The molecule has 0 aliphatic carbocycles.